The predicted molar refractivity (Wildman–Crippen MR) is 59.6 cm³/mol. The van der Waals surface area contributed by atoms with E-state index in [1.165, 1.54) is 12.1 Å². The van der Waals surface area contributed by atoms with Crippen molar-refractivity contribution < 1.29 is 4.79 Å². The largest absolute Gasteiger partial charge is 0.344 e. The van der Waals surface area contributed by atoms with Crippen molar-refractivity contribution in [1.82, 2.24) is 9.88 Å². The smallest absolute Gasteiger partial charge is 0.187 e. The number of pyridine rings is 1. The molecule has 0 unspecified atom stereocenters. The molecule has 0 aromatic carbocycles. The summed E-state index contributed by atoms with van der Waals surface area (Å²) >= 11 is 0. The number of Topliss-reactive ketones (excluding diaryl/α,β-unsaturated/α-hetero) is 1. The first-order valence-corrected chi connectivity index (χ1v) is 5.67. The molecule has 4 nitrogen and oxygen atoms in total. The Labute approximate surface area is 93.3 Å². The Kier molecular flexibility index (Phi) is 2.01. The van der Waals surface area contributed by atoms with Crippen LogP contribution in [0.1, 0.15) is 23.3 Å². The zero-order chi connectivity index (χ0) is 11.2. The van der Waals surface area contributed by atoms with E-state index >= 15 is 0 Å². The summed E-state index contributed by atoms with van der Waals surface area (Å²) < 4.78 is 1.93. The lowest BCUT2D eigenvalue weighted by Crippen LogP contribution is -2.40. The van der Waals surface area contributed by atoms with Crippen LogP contribution in [0, 0.1) is 5.41 Å². The number of carbonyl (C=O) groups excluding carboxylic acids is 1. The Bertz CT molecular complexity index is 498. The van der Waals surface area contributed by atoms with E-state index in [4.69, 9.17) is 0 Å². The Morgan fingerprint density at radius 1 is 1.25 bits per heavy atom. The first-order chi connectivity index (χ1) is 7.71. The second-order valence-electron chi connectivity index (χ2n) is 4.74. The molecule has 1 spiro atoms. The molecular weight excluding hydrogens is 204 g/mol. The average molecular weight is 218 g/mol. The SMILES string of the molecule is O=C1c2cc(=O)ccn2CC12CCNCC2. The van der Waals surface area contributed by atoms with Gasteiger partial charge in [0.2, 0.25) is 0 Å². The van der Waals surface area contributed by atoms with Crippen LogP contribution >= 0.6 is 0 Å². The number of nitrogens with one attached hydrogen (secondary N) is 1. The summed E-state index contributed by atoms with van der Waals surface area (Å²) in [6, 6.07) is 3.00. The van der Waals surface area contributed by atoms with Crippen LogP contribution in [0.15, 0.2) is 23.1 Å². The highest BCUT2D eigenvalue weighted by molar-refractivity contribution is 6.01. The maximum absolute atomic E-state index is 12.3. The van der Waals surface area contributed by atoms with Gasteiger partial charge in [-0.2, -0.15) is 0 Å². The summed E-state index contributed by atoms with van der Waals surface area (Å²) in [5.41, 5.74) is 0.270. The number of aromatic nitrogens is 1. The van der Waals surface area contributed by atoms with Gasteiger partial charge in [0.15, 0.2) is 11.2 Å². The van der Waals surface area contributed by atoms with Gasteiger partial charge in [-0.15, -0.1) is 0 Å². The molecule has 1 saturated heterocycles. The second kappa shape index (κ2) is 3.28. The molecule has 0 bridgehead atoms. The molecule has 84 valence electrons. The van der Waals surface area contributed by atoms with Gasteiger partial charge in [-0.05, 0) is 25.9 Å². The lowest BCUT2D eigenvalue weighted by molar-refractivity contribution is 0.0753. The molecule has 0 aliphatic carbocycles. The van der Waals surface area contributed by atoms with Gasteiger partial charge in [-0.3, -0.25) is 9.59 Å². The van der Waals surface area contributed by atoms with Crippen LogP contribution in [0.2, 0.25) is 0 Å². The normalized spacial score (nSPS) is 22.4. The highest BCUT2D eigenvalue weighted by Crippen LogP contribution is 2.39. The van der Waals surface area contributed by atoms with Crippen molar-refractivity contribution in [2.75, 3.05) is 13.1 Å². The van der Waals surface area contributed by atoms with Crippen LogP contribution in [-0.4, -0.2) is 23.4 Å². The molecular formula is C12H14N2O2. The molecule has 0 radical (unpaired) electrons. The van der Waals surface area contributed by atoms with Crippen molar-refractivity contribution in [2.24, 2.45) is 5.41 Å². The zero-order valence-electron chi connectivity index (χ0n) is 9.03. The zero-order valence-corrected chi connectivity index (χ0v) is 9.03. The van der Waals surface area contributed by atoms with E-state index in [1.807, 2.05) is 4.57 Å². The summed E-state index contributed by atoms with van der Waals surface area (Å²) in [6.45, 7) is 2.53. The number of hydrogen-bond donors (Lipinski definition) is 1. The van der Waals surface area contributed by atoms with Gasteiger partial charge in [0.25, 0.3) is 0 Å². The number of ketones is 1. The van der Waals surface area contributed by atoms with Gasteiger partial charge >= 0.3 is 0 Å². The van der Waals surface area contributed by atoms with E-state index in [9.17, 15) is 9.59 Å². The van der Waals surface area contributed by atoms with Crippen LogP contribution in [0.5, 0.6) is 0 Å². The van der Waals surface area contributed by atoms with Gasteiger partial charge < -0.3 is 9.88 Å². The maximum Gasteiger partial charge on any atom is 0.187 e. The quantitative estimate of drug-likeness (QED) is 0.686. The van der Waals surface area contributed by atoms with E-state index in [1.54, 1.807) is 6.20 Å². The molecule has 2 aliphatic heterocycles. The minimum absolute atomic E-state index is 0.0782. The third kappa shape index (κ3) is 1.26. The average Bonchev–Trinajstić information content (AvgIpc) is 2.55. The van der Waals surface area contributed by atoms with Crippen molar-refractivity contribution >= 4 is 5.78 Å². The Morgan fingerprint density at radius 2 is 2.00 bits per heavy atom. The Balaban J connectivity index is 2.05. The van der Waals surface area contributed by atoms with Crippen molar-refractivity contribution in [3.63, 3.8) is 0 Å². The number of carbonyl (C=O) groups is 1. The minimum Gasteiger partial charge on any atom is -0.344 e. The maximum atomic E-state index is 12.3. The fourth-order valence-corrected chi connectivity index (χ4v) is 2.80. The van der Waals surface area contributed by atoms with Crippen LogP contribution in [0.25, 0.3) is 0 Å². The lowest BCUT2D eigenvalue weighted by Gasteiger charge is -2.31. The third-order valence-electron chi connectivity index (χ3n) is 3.76. The van der Waals surface area contributed by atoms with Gasteiger partial charge in [-0.25, -0.2) is 0 Å². The molecule has 0 saturated carbocycles. The molecule has 0 amide bonds. The summed E-state index contributed by atoms with van der Waals surface area (Å²) in [4.78, 5) is 23.6. The number of rotatable bonds is 0. The first-order valence-electron chi connectivity index (χ1n) is 5.67. The molecule has 1 fully saturated rings. The van der Waals surface area contributed by atoms with Crippen LogP contribution in [-0.2, 0) is 6.54 Å². The number of hydrogen-bond acceptors (Lipinski definition) is 3. The van der Waals surface area contributed by atoms with E-state index in [-0.39, 0.29) is 16.6 Å². The lowest BCUT2D eigenvalue weighted by atomic mass is 9.76. The highest BCUT2D eigenvalue weighted by atomic mass is 16.1. The molecule has 16 heavy (non-hydrogen) atoms. The Hall–Kier alpha value is -1.42. The van der Waals surface area contributed by atoms with Crippen molar-refractivity contribution in [3.8, 4) is 0 Å². The van der Waals surface area contributed by atoms with Gasteiger partial charge in [0, 0.05) is 24.9 Å². The number of nitrogens with zero attached hydrogens (tertiary/aromatic N) is 1. The van der Waals surface area contributed by atoms with E-state index in [0.29, 0.717) is 5.69 Å². The molecule has 4 heteroatoms. The second-order valence-corrected chi connectivity index (χ2v) is 4.74. The topological polar surface area (TPSA) is 51.1 Å². The van der Waals surface area contributed by atoms with Gasteiger partial charge in [0.1, 0.15) is 0 Å². The summed E-state index contributed by atoms with van der Waals surface area (Å²) in [5, 5.41) is 3.27. The fraction of sp³-hybridized carbons (Fsp3) is 0.500. The van der Waals surface area contributed by atoms with E-state index in [0.717, 1.165) is 32.5 Å². The van der Waals surface area contributed by atoms with Crippen LogP contribution < -0.4 is 10.7 Å². The van der Waals surface area contributed by atoms with E-state index in [2.05, 4.69) is 5.32 Å². The van der Waals surface area contributed by atoms with Crippen molar-refractivity contribution in [1.29, 1.82) is 0 Å². The molecule has 0 atom stereocenters. The number of piperidine rings is 1. The molecule has 3 rings (SSSR count). The molecule has 1 aromatic heterocycles. The first kappa shape index (κ1) is 9.78. The van der Waals surface area contributed by atoms with Crippen molar-refractivity contribution in [3.05, 3.63) is 34.2 Å². The minimum atomic E-state index is -0.244. The van der Waals surface area contributed by atoms with Crippen LogP contribution in [0.3, 0.4) is 0 Å². The molecule has 1 aromatic rings. The molecule has 1 N–H and O–H groups in total. The number of fused-ring (bicyclic) bond motifs is 1. The standard InChI is InChI=1S/C12H14N2O2/c15-9-1-6-14-8-12(2-4-13-5-3-12)11(16)10(14)7-9/h1,6-7,13H,2-5,8H2. The van der Waals surface area contributed by atoms with Crippen molar-refractivity contribution in [2.45, 2.75) is 19.4 Å². The summed E-state index contributed by atoms with van der Waals surface area (Å²) in [6.07, 6.45) is 3.50. The third-order valence-corrected chi connectivity index (χ3v) is 3.76. The van der Waals surface area contributed by atoms with Crippen LogP contribution in [0.4, 0.5) is 0 Å². The summed E-state index contributed by atoms with van der Waals surface area (Å²) in [7, 11) is 0. The summed E-state index contributed by atoms with van der Waals surface area (Å²) in [5.74, 6) is 0.159. The fourth-order valence-electron chi connectivity index (χ4n) is 2.80. The van der Waals surface area contributed by atoms with Gasteiger partial charge in [-0.1, -0.05) is 0 Å². The Morgan fingerprint density at radius 3 is 2.75 bits per heavy atom. The monoisotopic (exact) mass is 218 g/mol. The van der Waals surface area contributed by atoms with E-state index < -0.39 is 0 Å². The molecule has 3 heterocycles. The predicted octanol–water partition coefficient (Wildman–Crippen LogP) is 0.414. The highest BCUT2D eigenvalue weighted by Gasteiger charge is 2.45. The molecule has 2 aliphatic rings. The van der Waals surface area contributed by atoms with Gasteiger partial charge in [0.05, 0.1) is 11.1 Å².